The van der Waals surface area contributed by atoms with E-state index in [2.05, 4.69) is 4.98 Å². The lowest BCUT2D eigenvalue weighted by Gasteiger charge is -2.31. The Morgan fingerprint density at radius 2 is 1.97 bits per heavy atom. The number of ether oxygens (including phenoxy) is 1. The van der Waals surface area contributed by atoms with Crippen molar-refractivity contribution in [3.05, 3.63) is 52.8 Å². The third-order valence-corrected chi connectivity index (χ3v) is 7.58. The topological polar surface area (TPSA) is 86.4 Å². The molecule has 0 amide bonds. The molecule has 3 aromatic rings. The third-order valence-electron chi connectivity index (χ3n) is 5.66. The minimum atomic E-state index is -3.88. The number of nitrogens with zero attached hydrogens (tertiary/aromatic N) is 4. The zero-order valence-corrected chi connectivity index (χ0v) is 17.6. The second kappa shape index (κ2) is 7.84. The largest absolute Gasteiger partial charge is 0.495 e. The number of aryl methyl sites for hydroxylation is 1. The van der Waals surface area contributed by atoms with Crippen molar-refractivity contribution in [2.24, 2.45) is 13.0 Å². The lowest BCUT2D eigenvalue weighted by atomic mass is 9.98. The Morgan fingerprint density at radius 3 is 2.67 bits per heavy atom. The van der Waals surface area contributed by atoms with Crippen molar-refractivity contribution < 1.29 is 17.5 Å². The van der Waals surface area contributed by atoms with Gasteiger partial charge in [0.15, 0.2) is 5.65 Å². The Bertz CT molecular complexity index is 1240. The highest BCUT2D eigenvalue weighted by Gasteiger charge is 2.32. The Labute approximate surface area is 173 Å². The molecule has 3 heterocycles. The number of fused-ring (bicyclic) bond motifs is 1. The summed E-state index contributed by atoms with van der Waals surface area (Å²) < 4.78 is 49.4. The lowest BCUT2D eigenvalue weighted by molar-refractivity contribution is 0.252. The van der Waals surface area contributed by atoms with E-state index in [0.29, 0.717) is 38.1 Å². The van der Waals surface area contributed by atoms with Crippen LogP contribution < -0.4 is 10.4 Å². The molecule has 1 aliphatic rings. The van der Waals surface area contributed by atoms with E-state index in [1.165, 1.54) is 23.5 Å². The summed E-state index contributed by atoms with van der Waals surface area (Å²) in [5.41, 5.74) is 1.26. The molecule has 0 aliphatic carbocycles. The van der Waals surface area contributed by atoms with E-state index < -0.39 is 15.8 Å². The van der Waals surface area contributed by atoms with Gasteiger partial charge in [-0.1, -0.05) is 0 Å². The Morgan fingerprint density at radius 1 is 1.23 bits per heavy atom. The zero-order valence-electron chi connectivity index (χ0n) is 16.8. The van der Waals surface area contributed by atoms with Gasteiger partial charge in [-0.2, -0.15) is 4.31 Å². The molecular weight excluding hydrogens is 411 g/mol. The molecule has 0 N–H and O–H groups in total. The molecule has 0 spiro atoms. The molecule has 0 bridgehead atoms. The van der Waals surface area contributed by atoms with Crippen LogP contribution in [0.25, 0.3) is 11.2 Å². The number of rotatable bonds is 5. The van der Waals surface area contributed by atoms with E-state index in [9.17, 15) is 17.6 Å². The van der Waals surface area contributed by atoms with Gasteiger partial charge in [0.2, 0.25) is 10.0 Å². The van der Waals surface area contributed by atoms with E-state index in [0.717, 1.165) is 11.6 Å². The van der Waals surface area contributed by atoms with Gasteiger partial charge in [-0.3, -0.25) is 9.13 Å². The van der Waals surface area contributed by atoms with Gasteiger partial charge in [-0.25, -0.2) is 22.6 Å². The third kappa shape index (κ3) is 3.50. The highest BCUT2D eigenvalue weighted by atomic mass is 32.2. The van der Waals surface area contributed by atoms with Crippen LogP contribution in [0.3, 0.4) is 0 Å². The number of halogens is 1. The lowest BCUT2D eigenvalue weighted by Crippen LogP contribution is -2.40. The Hall–Kier alpha value is -2.72. The predicted molar refractivity (Wildman–Crippen MR) is 109 cm³/mol. The summed E-state index contributed by atoms with van der Waals surface area (Å²) in [5, 5.41) is 0. The smallest absolute Gasteiger partial charge is 0.330 e. The molecule has 160 valence electrons. The van der Waals surface area contributed by atoms with Crippen LogP contribution in [0.1, 0.15) is 12.8 Å². The average Bonchev–Trinajstić information content (AvgIpc) is 2.99. The zero-order chi connectivity index (χ0) is 21.5. The van der Waals surface area contributed by atoms with Crippen molar-refractivity contribution in [3.8, 4) is 5.75 Å². The highest BCUT2D eigenvalue weighted by Crippen LogP contribution is 2.30. The van der Waals surface area contributed by atoms with Crippen LogP contribution in [-0.4, -0.2) is 47.0 Å². The molecule has 8 nitrogen and oxygen atoms in total. The number of benzene rings is 1. The van der Waals surface area contributed by atoms with E-state index in [-0.39, 0.29) is 22.3 Å². The molecule has 1 saturated heterocycles. The van der Waals surface area contributed by atoms with Crippen LogP contribution in [0.2, 0.25) is 0 Å². The fourth-order valence-electron chi connectivity index (χ4n) is 3.98. The average molecular weight is 434 g/mol. The summed E-state index contributed by atoms with van der Waals surface area (Å²) in [7, 11) is -0.811. The molecule has 1 aromatic carbocycles. The van der Waals surface area contributed by atoms with Crippen LogP contribution in [0.5, 0.6) is 5.75 Å². The molecule has 30 heavy (non-hydrogen) atoms. The van der Waals surface area contributed by atoms with E-state index in [4.69, 9.17) is 4.74 Å². The van der Waals surface area contributed by atoms with E-state index in [1.54, 1.807) is 28.4 Å². The first kappa shape index (κ1) is 20.5. The summed E-state index contributed by atoms with van der Waals surface area (Å²) in [6.45, 7) is 1.06. The number of aromatic nitrogens is 3. The van der Waals surface area contributed by atoms with Crippen molar-refractivity contribution in [1.82, 2.24) is 18.4 Å². The second-order valence-corrected chi connectivity index (χ2v) is 9.35. The van der Waals surface area contributed by atoms with Crippen molar-refractivity contribution in [1.29, 1.82) is 0 Å². The van der Waals surface area contributed by atoms with Gasteiger partial charge < -0.3 is 4.74 Å². The molecule has 0 saturated carbocycles. The maximum atomic E-state index is 13.7. The number of piperidine rings is 1. The molecule has 0 atom stereocenters. The molecule has 0 radical (unpaired) electrons. The van der Waals surface area contributed by atoms with Gasteiger partial charge in [-0.05, 0) is 49.1 Å². The van der Waals surface area contributed by atoms with Crippen LogP contribution in [0.15, 0.2) is 46.2 Å². The number of methoxy groups -OCH3 is 1. The molecule has 4 rings (SSSR count). The van der Waals surface area contributed by atoms with Crippen molar-refractivity contribution >= 4 is 21.2 Å². The second-order valence-electron chi connectivity index (χ2n) is 7.44. The summed E-state index contributed by atoms with van der Waals surface area (Å²) in [6, 6.07) is 7.11. The van der Waals surface area contributed by atoms with Crippen LogP contribution in [0, 0.1) is 11.7 Å². The van der Waals surface area contributed by atoms with Crippen LogP contribution in [-0.2, 0) is 23.6 Å². The normalized spacial score (nSPS) is 16.2. The summed E-state index contributed by atoms with van der Waals surface area (Å²) in [6.07, 6.45) is 2.83. The van der Waals surface area contributed by atoms with Crippen molar-refractivity contribution in [3.63, 3.8) is 0 Å². The summed E-state index contributed by atoms with van der Waals surface area (Å²) in [4.78, 5) is 16.8. The standard InChI is InChI=1S/C20H23FN4O4S/c1-23-16-4-3-9-22-19(16)25(20(23)26)13-14-7-10-24(11-8-14)30(27,28)18-12-15(21)5-6-17(18)29-2/h3-6,9,12,14H,7-8,10-11,13H2,1-2H3. The SMILES string of the molecule is COc1ccc(F)cc1S(=O)(=O)N1CCC(Cn2c(=O)n(C)c3cccnc32)CC1. The van der Waals surface area contributed by atoms with E-state index >= 15 is 0 Å². The van der Waals surface area contributed by atoms with Gasteiger partial charge in [0.25, 0.3) is 0 Å². The minimum Gasteiger partial charge on any atom is -0.495 e. The van der Waals surface area contributed by atoms with Gasteiger partial charge in [0.1, 0.15) is 16.5 Å². The molecule has 10 heteroatoms. The van der Waals surface area contributed by atoms with Gasteiger partial charge in [0.05, 0.1) is 12.6 Å². The predicted octanol–water partition coefficient (Wildman–Crippen LogP) is 1.98. The number of imidazole rings is 1. The highest BCUT2D eigenvalue weighted by molar-refractivity contribution is 7.89. The molecule has 1 aliphatic heterocycles. The van der Waals surface area contributed by atoms with Crippen molar-refractivity contribution in [2.45, 2.75) is 24.3 Å². The first-order valence-electron chi connectivity index (χ1n) is 9.67. The maximum absolute atomic E-state index is 13.7. The van der Waals surface area contributed by atoms with Gasteiger partial charge >= 0.3 is 5.69 Å². The van der Waals surface area contributed by atoms with Crippen LogP contribution >= 0.6 is 0 Å². The Balaban J connectivity index is 1.52. The quantitative estimate of drug-likeness (QED) is 0.613. The maximum Gasteiger partial charge on any atom is 0.330 e. The fourth-order valence-corrected chi connectivity index (χ4v) is 5.62. The number of pyridine rings is 1. The number of hydrogen-bond donors (Lipinski definition) is 0. The molecule has 2 aromatic heterocycles. The summed E-state index contributed by atoms with van der Waals surface area (Å²) in [5.74, 6) is -0.379. The van der Waals surface area contributed by atoms with E-state index in [1.807, 2.05) is 6.07 Å². The number of sulfonamides is 1. The summed E-state index contributed by atoms with van der Waals surface area (Å²) >= 11 is 0. The molecule has 1 fully saturated rings. The minimum absolute atomic E-state index is 0.118. The fraction of sp³-hybridized carbons (Fsp3) is 0.400. The van der Waals surface area contributed by atoms with Gasteiger partial charge in [0, 0.05) is 32.9 Å². The molecular formula is C20H23FN4O4S. The Kier molecular flexibility index (Phi) is 5.37. The number of hydrogen-bond acceptors (Lipinski definition) is 5. The first-order chi connectivity index (χ1) is 14.3. The van der Waals surface area contributed by atoms with Gasteiger partial charge in [-0.15, -0.1) is 0 Å². The van der Waals surface area contributed by atoms with Crippen molar-refractivity contribution in [2.75, 3.05) is 20.2 Å². The monoisotopic (exact) mass is 434 g/mol. The first-order valence-corrected chi connectivity index (χ1v) is 11.1. The molecule has 0 unspecified atom stereocenters. The van der Waals surface area contributed by atoms with Crippen LogP contribution in [0.4, 0.5) is 4.39 Å².